The Labute approximate surface area is 194 Å². The van der Waals surface area contributed by atoms with Gasteiger partial charge in [-0.15, -0.1) is 10.2 Å². The van der Waals surface area contributed by atoms with Crippen molar-refractivity contribution < 1.29 is 4.52 Å². The summed E-state index contributed by atoms with van der Waals surface area (Å²) in [7, 11) is 0. The highest BCUT2D eigenvalue weighted by Crippen LogP contribution is 2.41. The zero-order chi connectivity index (χ0) is 21.4. The summed E-state index contributed by atoms with van der Waals surface area (Å²) in [5.74, 6) is 2.55. The van der Waals surface area contributed by atoms with Gasteiger partial charge in [-0.25, -0.2) is 0 Å². The monoisotopic (exact) mass is 471 g/mol. The molecule has 2 aromatic carbocycles. The van der Waals surface area contributed by atoms with Gasteiger partial charge >= 0.3 is 0 Å². The zero-order valence-electron chi connectivity index (χ0n) is 16.7. The highest BCUT2D eigenvalue weighted by molar-refractivity contribution is 7.99. The summed E-state index contributed by atoms with van der Waals surface area (Å²) in [6.07, 6.45) is 2.27. The first-order valence-corrected chi connectivity index (χ1v) is 11.6. The molecule has 0 N–H and O–H groups in total. The highest BCUT2D eigenvalue weighted by Gasteiger charge is 2.30. The topological polar surface area (TPSA) is 69.6 Å². The number of aromatic nitrogens is 5. The second-order valence-electron chi connectivity index (χ2n) is 7.53. The molecule has 1 saturated carbocycles. The number of hydrogen-bond donors (Lipinski definition) is 0. The Bertz CT molecular complexity index is 1210. The molecule has 0 aliphatic heterocycles. The van der Waals surface area contributed by atoms with Crippen LogP contribution in [0, 0.1) is 0 Å². The van der Waals surface area contributed by atoms with Crippen LogP contribution in [0.15, 0.2) is 58.2 Å². The minimum absolute atomic E-state index is 0.0627. The lowest BCUT2D eigenvalue weighted by Crippen LogP contribution is -2.05. The van der Waals surface area contributed by atoms with Gasteiger partial charge in [0.1, 0.15) is 0 Å². The molecule has 0 saturated heterocycles. The van der Waals surface area contributed by atoms with Crippen LogP contribution < -0.4 is 0 Å². The van der Waals surface area contributed by atoms with E-state index in [0.29, 0.717) is 34.2 Å². The Morgan fingerprint density at radius 3 is 2.68 bits per heavy atom. The van der Waals surface area contributed by atoms with Crippen molar-refractivity contribution >= 4 is 35.0 Å². The lowest BCUT2D eigenvalue weighted by Gasteiger charge is -2.13. The lowest BCUT2D eigenvalue weighted by atomic mass is 10.2. The molecule has 2 heterocycles. The summed E-state index contributed by atoms with van der Waals surface area (Å²) in [5.41, 5.74) is 1.92. The van der Waals surface area contributed by atoms with Gasteiger partial charge in [-0.3, -0.25) is 4.57 Å². The van der Waals surface area contributed by atoms with Gasteiger partial charge in [0.05, 0.1) is 16.8 Å². The molecular weight excluding hydrogens is 453 g/mol. The van der Waals surface area contributed by atoms with E-state index in [9.17, 15) is 0 Å². The average molecular weight is 472 g/mol. The minimum atomic E-state index is -0.0627. The van der Waals surface area contributed by atoms with Crippen molar-refractivity contribution in [2.45, 2.75) is 42.6 Å². The van der Waals surface area contributed by atoms with E-state index in [4.69, 9.17) is 27.7 Å². The van der Waals surface area contributed by atoms with Crippen LogP contribution in [0.2, 0.25) is 10.0 Å². The summed E-state index contributed by atoms with van der Waals surface area (Å²) in [5, 5.41) is 14.9. The van der Waals surface area contributed by atoms with Crippen molar-refractivity contribution in [3.63, 3.8) is 0 Å². The van der Waals surface area contributed by atoms with E-state index in [1.165, 1.54) is 11.8 Å². The predicted molar refractivity (Wildman–Crippen MR) is 122 cm³/mol. The molecule has 9 heteroatoms. The van der Waals surface area contributed by atoms with E-state index in [-0.39, 0.29) is 5.25 Å². The number of nitrogens with zero attached hydrogens (tertiary/aromatic N) is 5. The fourth-order valence-corrected chi connectivity index (χ4v) is 4.65. The Kier molecular flexibility index (Phi) is 5.73. The van der Waals surface area contributed by atoms with Gasteiger partial charge in [-0.2, -0.15) is 4.98 Å². The molecule has 4 aromatic rings. The molecule has 31 heavy (non-hydrogen) atoms. The van der Waals surface area contributed by atoms with Crippen molar-refractivity contribution in [3.8, 4) is 11.4 Å². The smallest absolute Gasteiger partial charge is 0.239 e. The van der Waals surface area contributed by atoms with Gasteiger partial charge in [0.2, 0.25) is 5.89 Å². The number of thioether (sulfide) groups is 1. The maximum atomic E-state index is 6.48. The first-order chi connectivity index (χ1) is 15.1. The molecule has 2 aromatic heterocycles. The summed E-state index contributed by atoms with van der Waals surface area (Å²) in [4.78, 5) is 4.58. The molecule has 5 rings (SSSR count). The van der Waals surface area contributed by atoms with Gasteiger partial charge in [0.15, 0.2) is 16.8 Å². The van der Waals surface area contributed by atoms with Crippen molar-refractivity contribution in [1.82, 2.24) is 24.9 Å². The molecule has 0 spiro atoms. The molecular formula is C22H19Cl2N5OS. The van der Waals surface area contributed by atoms with Crippen LogP contribution >= 0.6 is 35.0 Å². The van der Waals surface area contributed by atoms with E-state index in [0.717, 1.165) is 34.9 Å². The van der Waals surface area contributed by atoms with Gasteiger partial charge < -0.3 is 4.52 Å². The lowest BCUT2D eigenvalue weighted by molar-refractivity contribution is 0.374. The molecule has 1 aliphatic rings. The van der Waals surface area contributed by atoms with E-state index >= 15 is 0 Å². The molecule has 0 unspecified atom stereocenters. The van der Waals surface area contributed by atoms with E-state index in [1.807, 2.05) is 31.2 Å². The van der Waals surface area contributed by atoms with E-state index < -0.39 is 0 Å². The molecule has 1 aliphatic carbocycles. The van der Waals surface area contributed by atoms with Gasteiger partial charge in [0.25, 0.3) is 0 Å². The van der Waals surface area contributed by atoms with E-state index in [2.05, 4.69) is 37.0 Å². The number of benzene rings is 2. The maximum Gasteiger partial charge on any atom is 0.239 e. The fraction of sp³-hybridized carbons (Fsp3) is 0.273. The first kappa shape index (κ1) is 20.5. The van der Waals surface area contributed by atoms with Crippen LogP contribution in [0.5, 0.6) is 0 Å². The molecule has 0 bridgehead atoms. The third-order valence-corrected chi connectivity index (χ3v) is 6.72. The number of hydrogen-bond acceptors (Lipinski definition) is 6. The van der Waals surface area contributed by atoms with Crippen LogP contribution in [0.4, 0.5) is 0 Å². The third kappa shape index (κ3) is 4.49. The molecule has 6 nitrogen and oxygen atoms in total. The van der Waals surface area contributed by atoms with Crippen LogP contribution in [-0.4, -0.2) is 24.9 Å². The van der Waals surface area contributed by atoms with E-state index in [1.54, 1.807) is 12.1 Å². The van der Waals surface area contributed by atoms with Gasteiger partial charge in [-0.1, -0.05) is 70.5 Å². The van der Waals surface area contributed by atoms with Gasteiger partial charge in [0, 0.05) is 16.5 Å². The van der Waals surface area contributed by atoms with Crippen LogP contribution in [0.1, 0.15) is 48.2 Å². The fourth-order valence-electron chi connectivity index (χ4n) is 3.28. The molecule has 0 radical (unpaired) electrons. The predicted octanol–water partition coefficient (Wildman–Crippen LogP) is 6.41. The standard InChI is InChI=1S/C22H19Cl2N5OS/c1-13(21-25-19(28-30-21)15-7-8-15)31-22-27-26-20(17-10-9-16(23)11-18(17)24)29(22)12-14-5-3-2-4-6-14/h2-6,9-11,13,15H,7-8,12H2,1H3/t13-/m1/s1. The van der Waals surface area contributed by atoms with Crippen molar-refractivity contribution in [1.29, 1.82) is 0 Å². The largest absolute Gasteiger partial charge is 0.338 e. The maximum absolute atomic E-state index is 6.48. The third-order valence-electron chi connectivity index (χ3n) is 5.10. The highest BCUT2D eigenvalue weighted by atomic mass is 35.5. The molecule has 0 amide bonds. The van der Waals surface area contributed by atoms with Crippen LogP contribution in [-0.2, 0) is 6.54 Å². The summed E-state index contributed by atoms with van der Waals surface area (Å²) < 4.78 is 7.57. The molecule has 1 atom stereocenters. The average Bonchev–Trinajstić information content (AvgIpc) is 3.37. The molecule has 158 valence electrons. The summed E-state index contributed by atoms with van der Waals surface area (Å²) >= 11 is 14.1. The first-order valence-electron chi connectivity index (χ1n) is 10.0. The Morgan fingerprint density at radius 2 is 1.94 bits per heavy atom. The normalized spacial score (nSPS) is 14.7. The number of rotatable bonds is 7. The Morgan fingerprint density at radius 1 is 1.13 bits per heavy atom. The SMILES string of the molecule is C[C@@H](Sc1nnc(-c2ccc(Cl)cc2Cl)n1Cc1ccccc1)c1nc(C2CC2)no1. The van der Waals surface area contributed by atoms with Crippen molar-refractivity contribution in [3.05, 3.63) is 75.9 Å². The number of halogens is 2. The Hall–Kier alpha value is -2.35. The Balaban J connectivity index is 1.49. The summed E-state index contributed by atoms with van der Waals surface area (Å²) in [6.45, 7) is 2.64. The summed E-state index contributed by atoms with van der Waals surface area (Å²) in [6, 6.07) is 15.6. The minimum Gasteiger partial charge on any atom is -0.338 e. The van der Waals surface area contributed by atoms with Crippen molar-refractivity contribution in [2.24, 2.45) is 0 Å². The molecule has 1 fully saturated rings. The van der Waals surface area contributed by atoms with Crippen LogP contribution in [0.25, 0.3) is 11.4 Å². The van der Waals surface area contributed by atoms with Gasteiger partial charge in [-0.05, 0) is 43.5 Å². The second-order valence-corrected chi connectivity index (χ2v) is 9.68. The van der Waals surface area contributed by atoms with Crippen LogP contribution in [0.3, 0.4) is 0 Å². The quantitative estimate of drug-likeness (QED) is 0.290. The van der Waals surface area contributed by atoms with Crippen molar-refractivity contribution in [2.75, 3.05) is 0 Å². The zero-order valence-corrected chi connectivity index (χ0v) is 19.0. The second kappa shape index (κ2) is 8.65.